The number of halogens is 5. The predicted molar refractivity (Wildman–Crippen MR) is 160 cm³/mol. The highest BCUT2D eigenvalue weighted by Crippen LogP contribution is 2.25. The molecular weight excluding hydrogens is 663 g/mol. The standard InChI is InChI=1S/C30H26B2F5N3O9/c1-12(38-28(43)13-2-4-15-10-48-31(46)19(15)6-13)27(40-29(44)14-3-5-16-11-49-32(47)20(16)7-14)30(45)39-17(9-21(41)42)8-18-22(33)24(35)26(37)25(36)23(18)34/h2-7,12,17,27,46-47H,8-11H2,1H3,(H,38,43)(H,39,45)(H,40,44)(H,41,42)/t12-,17+,27-/m0/s1. The molecule has 0 bridgehead atoms. The number of fused-ring (bicyclic) bond motifs is 2. The summed E-state index contributed by atoms with van der Waals surface area (Å²) in [6, 6.07) is 3.67. The van der Waals surface area contributed by atoms with Crippen LogP contribution in [-0.4, -0.2) is 71.2 Å². The lowest BCUT2D eigenvalue weighted by atomic mass is 9.78. The van der Waals surface area contributed by atoms with Crippen LogP contribution < -0.4 is 26.9 Å². The Hall–Kier alpha value is -4.84. The summed E-state index contributed by atoms with van der Waals surface area (Å²) in [6.45, 7) is 1.48. The number of benzene rings is 3. The van der Waals surface area contributed by atoms with E-state index in [4.69, 9.17) is 9.31 Å². The first kappa shape index (κ1) is 35.5. The van der Waals surface area contributed by atoms with Crippen LogP contribution in [0.4, 0.5) is 22.0 Å². The number of hydrogen-bond acceptors (Lipinski definition) is 8. The summed E-state index contributed by atoms with van der Waals surface area (Å²) in [5.41, 5.74) is 0.418. The monoisotopic (exact) mass is 689 g/mol. The van der Waals surface area contributed by atoms with E-state index in [-0.39, 0.29) is 29.8 Å². The first-order valence-corrected chi connectivity index (χ1v) is 14.6. The van der Waals surface area contributed by atoms with Crippen LogP contribution in [-0.2, 0) is 38.5 Å². The Morgan fingerprint density at radius 3 is 1.71 bits per heavy atom. The minimum absolute atomic E-state index is 0.0308. The van der Waals surface area contributed by atoms with Crippen molar-refractivity contribution in [2.24, 2.45) is 0 Å². The van der Waals surface area contributed by atoms with Crippen molar-refractivity contribution in [3.63, 3.8) is 0 Å². The van der Waals surface area contributed by atoms with Crippen LogP contribution in [0.25, 0.3) is 0 Å². The van der Waals surface area contributed by atoms with Gasteiger partial charge in [-0.05, 0) is 59.7 Å². The van der Waals surface area contributed by atoms with Crippen LogP contribution in [0.1, 0.15) is 50.8 Å². The second kappa shape index (κ2) is 14.3. The summed E-state index contributed by atoms with van der Waals surface area (Å²) >= 11 is 0. The molecule has 12 nitrogen and oxygen atoms in total. The summed E-state index contributed by atoms with van der Waals surface area (Å²) in [7, 11) is -2.60. The number of amides is 3. The van der Waals surface area contributed by atoms with Crippen molar-refractivity contribution in [3.8, 4) is 0 Å². The third-order valence-corrected chi connectivity index (χ3v) is 8.09. The van der Waals surface area contributed by atoms with Gasteiger partial charge in [-0.1, -0.05) is 12.1 Å². The molecule has 5 rings (SSSR count). The highest BCUT2D eigenvalue weighted by molar-refractivity contribution is 6.62. The number of carboxylic acids is 1. The van der Waals surface area contributed by atoms with Crippen LogP contribution in [0.5, 0.6) is 0 Å². The first-order chi connectivity index (χ1) is 23.2. The molecule has 256 valence electrons. The zero-order valence-corrected chi connectivity index (χ0v) is 25.4. The zero-order valence-electron chi connectivity index (χ0n) is 25.4. The van der Waals surface area contributed by atoms with Gasteiger partial charge in [0.05, 0.1) is 25.7 Å². The normalized spacial score (nSPS) is 15.3. The molecule has 3 atom stereocenters. The Balaban J connectivity index is 1.42. The van der Waals surface area contributed by atoms with Crippen LogP contribution in [0, 0.1) is 29.1 Å². The largest absolute Gasteiger partial charge is 0.491 e. The molecule has 2 aliphatic heterocycles. The van der Waals surface area contributed by atoms with Crippen LogP contribution in [0.2, 0.25) is 0 Å². The van der Waals surface area contributed by atoms with Crippen molar-refractivity contribution in [1.29, 1.82) is 0 Å². The number of carbonyl (C=O) groups is 4. The van der Waals surface area contributed by atoms with Crippen LogP contribution in [0.3, 0.4) is 0 Å². The smallest absolute Gasteiger partial charge is 0.481 e. The van der Waals surface area contributed by atoms with E-state index in [0.717, 1.165) is 0 Å². The molecule has 19 heteroatoms. The van der Waals surface area contributed by atoms with E-state index in [1.165, 1.54) is 37.3 Å². The topological polar surface area (TPSA) is 184 Å². The number of rotatable bonds is 11. The van der Waals surface area contributed by atoms with Crippen molar-refractivity contribution < 1.29 is 65.6 Å². The molecule has 0 unspecified atom stereocenters. The van der Waals surface area contributed by atoms with Gasteiger partial charge < -0.3 is 40.4 Å². The lowest BCUT2D eigenvalue weighted by Crippen LogP contribution is -2.59. The lowest BCUT2D eigenvalue weighted by molar-refractivity contribution is -0.137. The number of carboxylic acid groups (broad SMARTS) is 1. The van der Waals surface area contributed by atoms with Gasteiger partial charge in [0.15, 0.2) is 23.3 Å². The van der Waals surface area contributed by atoms with E-state index >= 15 is 0 Å². The van der Waals surface area contributed by atoms with Crippen molar-refractivity contribution in [2.45, 2.75) is 51.1 Å². The van der Waals surface area contributed by atoms with Gasteiger partial charge in [-0.25, -0.2) is 22.0 Å². The Morgan fingerprint density at radius 2 is 1.22 bits per heavy atom. The van der Waals surface area contributed by atoms with E-state index in [1.807, 2.05) is 0 Å². The van der Waals surface area contributed by atoms with Gasteiger partial charge in [0.25, 0.3) is 11.8 Å². The second-order valence-corrected chi connectivity index (χ2v) is 11.4. The maximum absolute atomic E-state index is 14.5. The minimum Gasteiger partial charge on any atom is -0.481 e. The van der Waals surface area contributed by atoms with Gasteiger partial charge in [0, 0.05) is 22.7 Å². The van der Waals surface area contributed by atoms with Crippen LogP contribution >= 0.6 is 0 Å². The van der Waals surface area contributed by atoms with Gasteiger partial charge in [0.2, 0.25) is 11.7 Å². The quantitative estimate of drug-likeness (QED) is 0.0696. The Kier molecular flexibility index (Phi) is 10.4. The fourth-order valence-corrected chi connectivity index (χ4v) is 5.48. The highest BCUT2D eigenvalue weighted by atomic mass is 19.2. The molecule has 0 aromatic heterocycles. The third-order valence-electron chi connectivity index (χ3n) is 8.09. The van der Waals surface area contributed by atoms with Crippen LogP contribution in [0.15, 0.2) is 36.4 Å². The number of nitrogens with one attached hydrogen (secondary N) is 3. The molecule has 2 aliphatic rings. The molecule has 0 saturated carbocycles. The number of hydrogen-bond donors (Lipinski definition) is 6. The van der Waals surface area contributed by atoms with Gasteiger partial charge in [0.1, 0.15) is 6.04 Å². The molecular formula is C30H26B2F5N3O9. The summed E-state index contributed by atoms with van der Waals surface area (Å²) in [5.74, 6) is -15.9. The number of carbonyl (C=O) groups excluding carboxylic acids is 3. The summed E-state index contributed by atoms with van der Waals surface area (Å²) in [6.07, 6.45) is -2.21. The van der Waals surface area contributed by atoms with Crippen molar-refractivity contribution in [3.05, 3.63) is 93.3 Å². The minimum atomic E-state index is -2.43. The SMILES string of the molecule is C[C@H](NC(=O)c1ccc2c(c1)B(O)OC2)[C@H](NC(=O)c1ccc2c(c1)B(O)OC2)C(=O)N[C@@H](CC(=O)O)Cc1c(F)c(F)c(F)c(F)c1F. The molecule has 3 aromatic carbocycles. The van der Waals surface area contributed by atoms with Crippen molar-refractivity contribution >= 4 is 48.9 Å². The summed E-state index contributed by atoms with van der Waals surface area (Å²) in [4.78, 5) is 51.8. The van der Waals surface area contributed by atoms with E-state index in [0.29, 0.717) is 16.6 Å². The van der Waals surface area contributed by atoms with E-state index < -0.39 is 104 Å². The Labute approximate surface area is 274 Å². The molecule has 2 heterocycles. The zero-order chi connectivity index (χ0) is 35.7. The third kappa shape index (κ3) is 7.44. The fraction of sp³-hybridized carbons (Fsp3) is 0.267. The molecule has 0 aliphatic carbocycles. The van der Waals surface area contributed by atoms with E-state index in [9.17, 15) is 56.3 Å². The fourth-order valence-electron chi connectivity index (χ4n) is 5.48. The van der Waals surface area contributed by atoms with E-state index in [2.05, 4.69) is 16.0 Å². The molecule has 3 amide bonds. The second-order valence-electron chi connectivity index (χ2n) is 11.4. The Bertz CT molecular complexity index is 1820. The molecule has 3 aromatic rings. The summed E-state index contributed by atoms with van der Waals surface area (Å²) in [5, 5.41) is 36.6. The van der Waals surface area contributed by atoms with Gasteiger partial charge in [-0.15, -0.1) is 0 Å². The maximum atomic E-state index is 14.5. The molecule has 0 fully saturated rings. The van der Waals surface area contributed by atoms with Gasteiger partial charge in [-0.2, -0.15) is 0 Å². The lowest BCUT2D eigenvalue weighted by Gasteiger charge is -2.28. The van der Waals surface area contributed by atoms with Gasteiger partial charge in [-0.3, -0.25) is 19.2 Å². The van der Waals surface area contributed by atoms with Crippen molar-refractivity contribution in [1.82, 2.24) is 16.0 Å². The average Bonchev–Trinajstić information content (AvgIpc) is 3.63. The summed E-state index contributed by atoms with van der Waals surface area (Å²) < 4.78 is 80.6. The average molecular weight is 689 g/mol. The highest BCUT2D eigenvalue weighted by Gasteiger charge is 2.35. The molecule has 0 radical (unpaired) electrons. The number of aliphatic carboxylic acids is 1. The predicted octanol–water partition coefficient (Wildman–Crippen LogP) is -0.0634. The van der Waals surface area contributed by atoms with E-state index in [1.54, 1.807) is 6.07 Å². The molecule has 0 saturated heterocycles. The Morgan fingerprint density at radius 1 is 0.755 bits per heavy atom. The first-order valence-electron chi connectivity index (χ1n) is 14.6. The van der Waals surface area contributed by atoms with Crippen molar-refractivity contribution in [2.75, 3.05) is 0 Å². The molecule has 6 N–H and O–H groups in total. The molecule has 0 spiro atoms. The molecule has 49 heavy (non-hydrogen) atoms. The van der Waals surface area contributed by atoms with Gasteiger partial charge >= 0.3 is 20.2 Å². The maximum Gasteiger partial charge on any atom is 0.491 e.